The number of aromatic nitrogens is 3. The minimum atomic E-state index is -2.87. The van der Waals surface area contributed by atoms with Crippen LogP contribution in [0.3, 0.4) is 0 Å². The number of benzene rings is 2. The zero-order valence-corrected chi connectivity index (χ0v) is 21.1. The molecule has 0 spiro atoms. The molecule has 1 atom stereocenters. The van der Waals surface area contributed by atoms with Crippen LogP contribution in [0.5, 0.6) is 0 Å². The van der Waals surface area contributed by atoms with Crippen LogP contribution in [0.2, 0.25) is 0 Å². The molecule has 0 unspecified atom stereocenters. The zero-order chi connectivity index (χ0) is 26.2. The van der Waals surface area contributed by atoms with E-state index in [1.807, 2.05) is 31.6 Å². The number of hydrogen-bond acceptors (Lipinski definition) is 5. The second-order valence-corrected chi connectivity index (χ2v) is 9.57. The summed E-state index contributed by atoms with van der Waals surface area (Å²) in [6, 6.07) is 11.5. The first-order valence-electron chi connectivity index (χ1n) is 12.3. The molecule has 0 amide bonds. The summed E-state index contributed by atoms with van der Waals surface area (Å²) in [7, 11) is 3.65. The van der Waals surface area contributed by atoms with E-state index in [1.54, 1.807) is 24.9 Å². The first kappa shape index (κ1) is 25.1. The van der Waals surface area contributed by atoms with Gasteiger partial charge < -0.3 is 15.0 Å². The lowest BCUT2D eigenvalue weighted by Gasteiger charge is -2.41. The van der Waals surface area contributed by atoms with Gasteiger partial charge in [0, 0.05) is 56.3 Å². The van der Waals surface area contributed by atoms with Gasteiger partial charge in [0.25, 0.3) is 6.43 Å². The number of nitrogens with one attached hydrogen (secondary N) is 1. The summed E-state index contributed by atoms with van der Waals surface area (Å²) < 4.78 is 49.2. The number of nitrogens with zero attached hydrogens (tertiary/aromatic N) is 4. The largest absolute Gasteiger partial charge is 0.378 e. The number of aryl methyl sites for hydroxylation is 1. The number of ether oxygens (including phenoxy) is 1. The van der Waals surface area contributed by atoms with Crippen LogP contribution in [0.1, 0.15) is 48.9 Å². The lowest BCUT2D eigenvalue weighted by Crippen LogP contribution is -2.43. The summed E-state index contributed by atoms with van der Waals surface area (Å²) in [5.41, 5.74) is 2.81. The van der Waals surface area contributed by atoms with Gasteiger partial charge in [-0.25, -0.2) is 13.2 Å². The molecule has 9 heteroatoms. The Labute approximate surface area is 214 Å². The maximum atomic E-state index is 14.8. The molecule has 6 nitrogen and oxygen atoms in total. The van der Waals surface area contributed by atoms with Crippen molar-refractivity contribution >= 4 is 22.3 Å². The highest BCUT2D eigenvalue weighted by Gasteiger charge is 2.37. The highest BCUT2D eigenvalue weighted by Crippen LogP contribution is 2.40. The third kappa shape index (κ3) is 4.75. The molecule has 5 rings (SSSR count). The quantitative estimate of drug-likeness (QED) is 0.314. The maximum Gasteiger partial charge on any atom is 0.266 e. The van der Waals surface area contributed by atoms with Gasteiger partial charge in [-0.3, -0.25) is 9.67 Å². The van der Waals surface area contributed by atoms with Gasteiger partial charge in [0.1, 0.15) is 5.82 Å². The van der Waals surface area contributed by atoms with Gasteiger partial charge in [0.15, 0.2) is 0 Å². The van der Waals surface area contributed by atoms with Crippen molar-refractivity contribution < 1.29 is 17.9 Å². The first-order chi connectivity index (χ1) is 17.8. The van der Waals surface area contributed by atoms with Gasteiger partial charge in [0.05, 0.1) is 34.6 Å². The summed E-state index contributed by atoms with van der Waals surface area (Å²) in [4.78, 5) is 6.80. The number of fused-ring (bicyclic) bond motifs is 1. The predicted molar refractivity (Wildman–Crippen MR) is 138 cm³/mol. The Morgan fingerprint density at radius 3 is 2.51 bits per heavy atom. The van der Waals surface area contributed by atoms with E-state index in [9.17, 15) is 13.2 Å². The molecular weight excluding hydrogens is 479 g/mol. The van der Waals surface area contributed by atoms with Crippen LogP contribution in [0.25, 0.3) is 10.9 Å². The average Bonchev–Trinajstić information content (AvgIpc) is 3.34. The maximum absolute atomic E-state index is 14.8. The van der Waals surface area contributed by atoms with Crippen LogP contribution in [0.15, 0.2) is 61.1 Å². The van der Waals surface area contributed by atoms with E-state index >= 15 is 0 Å². The van der Waals surface area contributed by atoms with Crippen molar-refractivity contribution in [3.8, 4) is 0 Å². The number of piperidine rings is 1. The van der Waals surface area contributed by atoms with Crippen molar-refractivity contribution in [1.82, 2.24) is 14.8 Å². The Bertz CT molecular complexity index is 1400. The summed E-state index contributed by atoms with van der Waals surface area (Å²) >= 11 is 0. The predicted octanol–water partition coefficient (Wildman–Crippen LogP) is 6.36. The Balaban J connectivity index is 1.43. The number of rotatable bonds is 7. The zero-order valence-electron chi connectivity index (χ0n) is 21.1. The number of alkyl halides is 2. The third-order valence-corrected chi connectivity index (χ3v) is 7.42. The molecule has 0 aliphatic carbocycles. The van der Waals surface area contributed by atoms with E-state index in [0.29, 0.717) is 0 Å². The molecular formula is C28H30F3N5O. The Kier molecular flexibility index (Phi) is 6.81. The van der Waals surface area contributed by atoms with E-state index in [2.05, 4.69) is 32.4 Å². The molecule has 2 aromatic heterocycles. The standard InChI is InChI=1S/C28H30F3N5O/c1-18(21-5-4-6-22(26(21)29)27(30)31)34-25-9-12-32-24-8-7-19(15-23(24)25)28(37-3)10-13-36(14-11-28)20-16-33-35(2)17-20/h4-9,12,15-18,27H,10-11,13-14H2,1-3H3,(H,32,34)/t18-/m1/s1. The number of methoxy groups -OCH3 is 1. The van der Waals surface area contributed by atoms with Crippen molar-refractivity contribution in [2.24, 2.45) is 7.05 Å². The highest BCUT2D eigenvalue weighted by atomic mass is 19.3. The number of hydrogen-bond donors (Lipinski definition) is 1. The first-order valence-corrected chi connectivity index (χ1v) is 12.3. The number of pyridine rings is 1. The fraction of sp³-hybridized carbons (Fsp3) is 0.357. The fourth-order valence-electron chi connectivity index (χ4n) is 5.25. The van der Waals surface area contributed by atoms with Crippen molar-refractivity contribution in [1.29, 1.82) is 0 Å². The van der Waals surface area contributed by atoms with Crippen molar-refractivity contribution in [2.45, 2.75) is 37.8 Å². The Hall–Kier alpha value is -3.59. The lowest BCUT2D eigenvalue weighted by atomic mass is 9.83. The molecule has 1 N–H and O–H groups in total. The molecule has 1 saturated heterocycles. The van der Waals surface area contributed by atoms with Crippen LogP contribution < -0.4 is 10.2 Å². The lowest BCUT2D eigenvalue weighted by molar-refractivity contribution is -0.0345. The topological polar surface area (TPSA) is 55.2 Å². The molecule has 0 bridgehead atoms. The van der Waals surface area contributed by atoms with E-state index < -0.39 is 29.4 Å². The van der Waals surface area contributed by atoms with Gasteiger partial charge in [-0.1, -0.05) is 24.3 Å². The van der Waals surface area contributed by atoms with E-state index in [4.69, 9.17) is 4.74 Å². The second kappa shape index (κ2) is 10.0. The second-order valence-electron chi connectivity index (χ2n) is 9.57. The molecule has 194 valence electrons. The van der Waals surface area contributed by atoms with Crippen molar-refractivity contribution in [3.05, 3.63) is 83.6 Å². The Morgan fingerprint density at radius 1 is 1.08 bits per heavy atom. The molecule has 3 heterocycles. The molecule has 37 heavy (non-hydrogen) atoms. The van der Waals surface area contributed by atoms with Gasteiger partial charge in [-0.2, -0.15) is 5.10 Å². The van der Waals surface area contributed by atoms with Gasteiger partial charge in [-0.05, 0) is 43.5 Å². The van der Waals surface area contributed by atoms with Crippen LogP contribution in [-0.4, -0.2) is 35.0 Å². The average molecular weight is 510 g/mol. The smallest absolute Gasteiger partial charge is 0.266 e. The summed E-state index contributed by atoms with van der Waals surface area (Å²) in [5.74, 6) is -0.879. The third-order valence-electron chi connectivity index (χ3n) is 7.42. The fourth-order valence-corrected chi connectivity index (χ4v) is 5.25. The number of anilines is 2. The minimum Gasteiger partial charge on any atom is -0.378 e. The van der Waals surface area contributed by atoms with Crippen LogP contribution in [0.4, 0.5) is 24.5 Å². The SMILES string of the molecule is COC1(c2ccc3nccc(N[C@H](C)c4cccc(C(F)F)c4F)c3c2)CCN(c2cnn(C)c2)CC1. The number of halogens is 3. The monoisotopic (exact) mass is 509 g/mol. The van der Waals surface area contributed by atoms with Crippen LogP contribution in [-0.2, 0) is 17.4 Å². The summed E-state index contributed by atoms with van der Waals surface area (Å²) in [6.07, 6.45) is 4.30. The Morgan fingerprint density at radius 2 is 1.84 bits per heavy atom. The molecule has 2 aromatic carbocycles. The van der Waals surface area contributed by atoms with Crippen molar-refractivity contribution in [3.63, 3.8) is 0 Å². The molecule has 0 radical (unpaired) electrons. The molecule has 1 aliphatic rings. The minimum absolute atomic E-state index is 0.190. The van der Waals surface area contributed by atoms with E-state index in [1.165, 1.54) is 12.1 Å². The van der Waals surface area contributed by atoms with Crippen LogP contribution in [0, 0.1) is 5.82 Å². The molecule has 1 fully saturated rings. The molecule has 4 aromatic rings. The normalized spacial score (nSPS) is 16.4. The van der Waals surface area contributed by atoms with Crippen LogP contribution >= 0.6 is 0 Å². The van der Waals surface area contributed by atoms with Gasteiger partial charge >= 0.3 is 0 Å². The highest BCUT2D eigenvalue weighted by molar-refractivity contribution is 5.91. The molecule has 1 aliphatic heterocycles. The van der Waals surface area contributed by atoms with Crippen molar-refractivity contribution in [2.75, 3.05) is 30.4 Å². The summed E-state index contributed by atoms with van der Waals surface area (Å²) in [5, 5.41) is 8.46. The van der Waals surface area contributed by atoms with Gasteiger partial charge in [0.2, 0.25) is 0 Å². The summed E-state index contributed by atoms with van der Waals surface area (Å²) in [6.45, 7) is 3.41. The molecule has 0 saturated carbocycles. The van der Waals surface area contributed by atoms with E-state index in [0.717, 1.165) is 59.8 Å². The van der Waals surface area contributed by atoms with E-state index in [-0.39, 0.29) is 5.56 Å². The van der Waals surface area contributed by atoms with Gasteiger partial charge in [-0.15, -0.1) is 0 Å².